The molecular weight excluding hydrogens is 214 g/mol. The minimum Gasteiger partial charge on any atom is -0.435 e. The molecule has 0 amide bonds. The van der Waals surface area contributed by atoms with Crippen molar-refractivity contribution in [2.75, 3.05) is 0 Å². The molecule has 1 rings (SSSR count). The van der Waals surface area contributed by atoms with Crippen molar-refractivity contribution in [1.29, 1.82) is 0 Å². The fourth-order valence-electron chi connectivity index (χ4n) is 1.36. The van der Waals surface area contributed by atoms with Crippen molar-refractivity contribution in [3.8, 4) is 5.75 Å². The van der Waals surface area contributed by atoms with Gasteiger partial charge in [0.05, 0.1) is 6.10 Å². The van der Waals surface area contributed by atoms with Gasteiger partial charge in [0.2, 0.25) is 0 Å². The van der Waals surface area contributed by atoms with Gasteiger partial charge in [0, 0.05) is 0 Å². The second-order valence-corrected chi connectivity index (χ2v) is 4.72. The Morgan fingerprint density at radius 2 is 1.88 bits per heavy atom. The van der Waals surface area contributed by atoms with Gasteiger partial charge in [-0.15, -0.1) is 0 Å². The van der Waals surface area contributed by atoms with Crippen LogP contribution in [-0.2, 0) is 0 Å². The molecule has 0 fully saturated rings. The highest BCUT2D eigenvalue weighted by Crippen LogP contribution is 2.33. The Bertz CT molecular complexity index is 345. The van der Waals surface area contributed by atoms with E-state index in [4.69, 9.17) is 0 Å². The van der Waals surface area contributed by atoms with Gasteiger partial charge in [-0.2, -0.15) is 8.78 Å². The first-order chi connectivity index (χ1) is 7.30. The molecule has 0 bridgehead atoms. The fourth-order valence-corrected chi connectivity index (χ4v) is 1.36. The number of hydrogen-bond donors (Lipinski definition) is 1. The molecule has 90 valence electrons. The topological polar surface area (TPSA) is 29.5 Å². The molecule has 0 radical (unpaired) electrons. The molecule has 2 nitrogen and oxygen atoms in total. The number of halogens is 2. The van der Waals surface area contributed by atoms with Gasteiger partial charge in [0.25, 0.3) is 0 Å². The number of ether oxygens (including phenoxy) is 1. The van der Waals surface area contributed by atoms with E-state index < -0.39 is 12.7 Å². The molecule has 0 aliphatic heterocycles. The summed E-state index contributed by atoms with van der Waals surface area (Å²) in [6, 6.07) is 6.14. The lowest BCUT2D eigenvalue weighted by Crippen LogP contribution is -2.17. The van der Waals surface area contributed by atoms with E-state index in [0.717, 1.165) is 0 Å². The highest BCUT2D eigenvalue weighted by atomic mass is 19.3. The Labute approximate surface area is 93.9 Å². The van der Waals surface area contributed by atoms with Crippen molar-refractivity contribution in [2.24, 2.45) is 5.41 Å². The molecule has 1 N–H and O–H groups in total. The molecule has 0 aliphatic carbocycles. The SMILES string of the molecule is CC(C)(C)C(O)c1cccc(OC(F)F)c1. The minimum absolute atomic E-state index is 0.0656. The zero-order valence-electron chi connectivity index (χ0n) is 9.58. The van der Waals surface area contributed by atoms with Crippen LogP contribution < -0.4 is 4.74 Å². The summed E-state index contributed by atoms with van der Waals surface area (Å²) in [5.41, 5.74) is 0.231. The highest BCUT2D eigenvalue weighted by Gasteiger charge is 2.24. The van der Waals surface area contributed by atoms with Gasteiger partial charge in [-0.25, -0.2) is 0 Å². The Balaban J connectivity index is 2.90. The van der Waals surface area contributed by atoms with Crippen molar-refractivity contribution >= 4 is 0 Å². The Kier molecular flexibility index (Phi) is 3.86. The van der Waals surface area contributed by atoms with Gasteiger partial charge in [-0.1, -0.05) is 32.9 Å². The largest absolute Gasteiger partial charge is 0.435 e. The summed E-state index contributed by atoms with van der Waals surface area (Å²) in [5, 5.41) is 9.97. The molecule has 0 spiro atoms. The smallest absolute Gasteiger partial charge is 0.387 e. The van der Waals surface area contributed by atoms with Crippen LogP contribution in [0.15, 0.2) is 24.3 Å². The van der Waals surface area contributed by atoms with Crippen LogP contribution in [0.5, 0.6) is 5.75 Å². The molecular formula is C12H16F2O2. The van der Waals surface area contributed by atoms with Crippen molar-refractivity contribution in [1.82, 2.24) is 0 Å². The number of hydrogen-bond acceptors (Lipinski definition) is 2. The van der Waals surface area contributed by atoms with Gasteiger partial charge >= 0.3 is 6.61 Å². The third-order valence-corrected chi connectivity index (χ3v) is 2.22. The van der Waals surface area contributed by atoms with Crippen LogP contribution in [0.2, 0.25) is 0 Å². The Morgan fingerprint density at radius 1 is 1.25 bits per heavy atom. The van der Waals surface area contributed by atoms with E-state index in [-0.39, 0.29) is 11.2 Å². The lowest BCUT2D eigenvalue weighted by atomic mass is 9.85. The van der Waals surface area contributed by atoms with Gasteiger partial charge in [-0.3, -0.25) is 0 Å². The lowest BCUT2D eigenvalue weighted by Gasteiger charge is -2.26. The molecule has 1 aromatic rings. The molecule has 1 unspecified atom stereocenters. The lowest BCUT2D eigenvalue weighted by molar-refractivity contribution is -0.0500. The van der Waals surface area contributed by atoms with Crippen molar-refractivity contribution in [2.45, 2.75) is 33.5 Å². The maximum Gasteiger partial charge on any atom is 0.387 e. The first-order valence-electron chi connectivity index (χ1n) is 5.03. The Hall–Kier alpha value is -1.16. The van der Waals surface area contributed by atoms with Crippen molar-refractivity contribution in [3.05, 3.63) is 29.8 Å². The normalized spacial score (nSPS) is 13.9. The molecule has 1 atom stereocenters. The van der Waals surface area contributed by atoms with Crippen LogP contribution in [0.25, 0.3) is 0 Å². The Morgan fingerprint density at radius 3 is 2.38 bits per heavy atom. The second-order valence-electron chi connectivity index (χ2n) is 4.72. The summed E-state index contributed by atoms with van der Waals surface area (Å²) in [5.74, 6) is 0.0656. The number of aliphatic hydroxyl groups excluding tert-OH is 1. The summed E-state index contributed by atoms with van der Waals surface area (Å²) in [6.07, 6.45) is -0.714. The average Bonchev–Trinajstić information content (AvgIpc) is 2.14. The molecule has 1 aromatic carbocycles. The predicted molar refractivity (Wildman–Crippen MR) is 57.5 cm³/mol. The quantitative estimate of drug-likeness (QED) is 0.862. The van der Waals surface area contributed by atoms with E-state index in [9.17, 15) is 13.9 Å². The summed E-state index contributed by atoms with van der Waals surface area (Å²) in [6.45, 7) is 2.77. The van der Waals surface area contributed by atoms with Crippen LogP contribution in [0.4, 0.5) is 8.78 Å². The molecule has 0 saturated carbocycles. The standard InChI is InChI=1S/C12H16F2O2/c1-12(2,3)10(15)8-5-4-6-9(7-8)16-11(13)14/h4-7,10-11,15H,1-3H3. The number of alkyl halides is 2. The van der Waals surface area contributed by atoms with Gasteiger partial charge in [-0.05, 0) is 23.1 Å². The van der Waals surface area contributed by atoms with Gasteiger partial charge in [0.15, 0.2) is 0 Å². The molecule has 4 heteroatoms. The average molecular weight is 230 g/mol. The van der Waals surface area contributed by atoms with E-state index in [1.54, 1.807) is 12.1 Å². The third-order valence-electron chi connectivity index (χ3n) is 2.22. The summed E-state index contributed by atoms with van der Waals surface area (Å²) >= 11 is 0. The summed E-state index contributed by atoms with van der Waals surface area (Å²) < 4.78 is 28.3. The third kappa shape index (κ3) is 3.45. The van der Waals surface area contributed by atoms with E-state index in [1.165, 1.54) is 12.1 Å². The van der Waals surface area contributed by atoms with Gasteiger partial charge in [0.1, 0.15) is 5.75 Å². The zero-order valence-corrected chi connectivity index (χ0v) is 9.58. The van der Waals surface area contributed by atoms with Crippen LogP contribution in [-0.4, -0.2) is 11.7 Å². The van der Waals surface area contributed by atoms with E-state index in [2.05, 4.69) is 4.74 Å². The monoisotopic (exact) mass is 230 g/mol. The van der Waals surface area contributed by atoms with Crippen LogP contribution in [0.1, 0.15) is 32.4 Å². The van der Waals surface area contributed by atoms with Crippen molar-refractivity contribution < 1.29 is 18.6 Å². The van der Waals surface area contributed by atoms with Crippen LogP contribution in [0.3, 0.4) is 0 Å². The first kappa shape index (κ1) is 12.9. The maximum absolute atomic E-state index is 12.0. The van der Waals surface area contributed by atoms with Crippen molar-refractivity contribution in [3.63, 3.8) is 0 Å². The molecule has 0 heterocycles. The highest BCUT2D eigenvalue weighted by molar-refractivity contribution is 5.30. The minimum atomic E-state index is -2.85. The summed E-state index contributed by atoms with van der Waals surface area (Å²) in [4.78, 5) is 0. The molecule has 0 saturated heterocycles. The maximum atomic E-state index is 12.0. The van der Waals surface area contributed by atoms with Crippen LogP contribution >= 0.6 is 0 Å². The number of benzene rings is 1. The second kappa shape index (κ2) is 4.78. The number of aliphatic hydroxyl groups is 1. The number of rotatable bonds is 3. The fraction of sp³-hybridized carbons (Fsp3) is 0.500. The van der Waals surface area contributed by atoms with Crippen LogP contribution in [0, 0.1) is 5.41 Å². The molecule has 16 heavy (non-hydrogen) atoms. The summed E-state index contributed by atoms with van der Waals surface area (Å²) in [7, 11) is 0. The molecule has 0 aromatic heterocycles. The van der Waals surface area contributed by atoms with Gasteiger partial charge < -0.3 is 9.84 Å². The molecule has 0 aliphatic rings. The van der Waals surface area contributed by atoms with E-state index in [1.807, 2.05) is 20.8 Å². The van der Waals surface area contributed by atoms with E-state index >= 15 is 0 Å². The zero-order chi connectivity index (χ0) is 12.3. The first-order valence-corrected chi connectivity index (χ1v) is 5.03. The van der Waals surface area contributed by atoms with E-state index in [0.29, 0.717) is 5.56 Å². The predicted octanol–water partition coefficient (Wildman–Crippen LogP) is 3.37.